The molecule has 1 aliphatic heterocycles. The monoisotopic (exact) mass is 430 g/mol. The quantitative estimate of drug-likeness (QED) is 0.710. The smallest absolute Gasteiger partial charge is 0.369 e. The van der Waals surface area contributed by atoms with Gasteiger partial charge in [-0.3, -0.25) is 19.1 Å². The largest absolute Gasteiger partial charge is 0.522 e. The van der Waals surface area contributed by atoms with Crippen molar-refractivity contribution in [1.82, 2.24) is 9.55 Å². The lowest BCUT2D eigenvalue weighted by molar-refractivity contribution is -0.326. The highest BCUT2D eigenvalue weighted by atomic mass is 19.4. The number of nitrogens with two attached hydrogens (primary N) is 1. The third kappa shape index (κ3) is 3.83. The molecule has 1 aromatic carbocycles. The van der Waals surface area contributed by atoms with Crippen LogP contribution in [0.4, 0.5) is 23.2 Å². The molecule has 2 aromatic rings. The molecule has 2 aliphatic rings. The molecule has 2 fully saturated rings. The lowest BCUT2D eigenvalue weighted by Gasteiger charge is -2.25. The number of halogens is 4. The van der Waals surface area contributed by atoms with Gasteiger partial charge < -0.3 is 10.6 Å². The molecule has 2 heterocycles. The Balaban J connectivity index is 1.68. The summed E-state index contributed by atoms with van der Waals surface area (Å²) in [6.07, 6.45) is -2.68. The number of fused-ring (bicyclic) bond motifs is 1. The topological polar surface area (TPSA) is 93.3 Å². The molecule has 2 unspecified atom stereocenters. The molecular weight excluding hydrogens is 408 g/mol. The Morgan fingerprint density at radius 3 is 2.63 bits per heavy atom. The fourth-order valence-corrected chi connectivity index (χ4v) is 4.30. The molecule has 11 heteroatoms. The van der Waals surface area contributed by atoms with E-state index in [9.17, 15) is 22.8 Å². The normalized spacial score (nSPS) is 20.9. The zero-order valence-corrected chi connectivity index (χ0v) is 16.3. The highest BCUT2D eigenvalue weighted by Gasteiger charge is 2.35. The van der Waals surface area contributed by atoms with Gasteiger partial charge >= 0.3 is 12.1 Å². The van der Waals surface area contributed by atoms with E-state index in [1.807, 2.05) is 0 Å². The Hall–Kier alpha value is -2.40. The third-order valence-electron chi connectivity index (χ3n) is 5.89. The van der Waals surface area contributed by atoms with Crippen LogP contribution in [-0.4, -0.2) is 41.7 Å². The first-order chi connectivity index (χ1) is 14.1. The molecule has 30 heavy (non-hydrogen) atoms. The number of hydrogen-bond donors (Lipinski definition) is 2. The summed E-state index contributed by atoms with van der Waals surface area (Å²) in [6, 6.07) is 0.232. The molecule has 1 aromatic heterocycles. The van der Waals surface area contributed by atoms with Crippen molar-refractivity contribution in [3.05, 3.63) is 38.3 Å². The van der Waals surface area contributed by atoms with Crippen LogP contribution in [-0.2, 0) is 4.74 Å². The molecule has 0 radical (unpaired) electrons. The predicted octanol–water partition coefficient (Wildman–Crippen LogP) is 2.16. The van der Waals surface area contributed by atoms with Crippen LogP contribution in [0.2, 0.25) is 0 Å². The fraction of sp³-hybridized carbons (Fsp3) is 0.579. The lowest BCUT2D eigenvalue weighted by Crippen LogP contribution is -2.38. The molecule has 164 valence electrons. The Bertz CT molecular complexity index is 1090. The summed E-state index contributed by atoms with van der Waals surface area (Å²) in [5.41, 5.74) is 5.80. The number of benzene rings is 1. The average Bonchev–Trinajstić information content (AvgIpc) is 3.37. The highest BCUT2D eigenvalue weighted by Crippen LogP contribution is 2.39. The maximum absolute atomic E-state index is 15.0. The first kappa shape index (κ1) is 20.9. The number of alkyl halides is 3. The Kier molecular flexibility index (Phi) is 5.13. The number of hydrogen-bond acceptors (Lipinski definition) is 5. The first-order valence-electron chi connectivity index (χ1n) is 9.75. The van der Waals surface area contributed by atoms with Crippen molar-refractivity contribution in [2.24, 2.45) is 11.7 Å². The van der Waals surface area contributed by atoms with Crippen molar-refractivity contribution < 1.29 is 22.3 Å². The summed E-state index contributed by atoms with van der Waals surface area (Å²) in [5, 5.41) is 0.103. The number of nitrogens with zero attached hydrogens (tertiary/aromatic N) is 2. The molecule has 0 spiro atoms. The number of anilines is 1. The maximum atomic E-state index is 15.0. The molecule has 1 saturated carbocycles. The molecule has 3 N–H and O–H groups in total. The van der Waals surface area contributed by atoms with Crippen LogP contribution in [0, 0.1) is 18.7 Å². The number of ether oxygens (including phenoxy) is 1. The van der Waals surface area contributed by atoms with Crippen LogP contribution < -0.4 is 21.9 Å². The fourth-order valence-electron chi connectivity index (χ4n) is 4.30. The second kappa shape index (κ2) is 7.38. The minimum Gasteiger partial charge on any atom is -0.369 e. The predicted molar refractivity (Wildman–Crippen MR) is 102 cm³/mol. The van der Waals surface area contributed by atoms with Crippen molar-refractivity contribution in [3.63, 3.8) is 0 Å². The minimum absolute atomic E-state index is 0.0341. The van der Waals surface area contributed by atoms with Gasteiger partial charge in [-0.05, 0) is 38.2 Å². The molecule has 0 amide bonds. The summed E-state index contributed by atoms with van der Waals surface area (Å²) in [7, 11) is 0. The SMILES string of the molecule is Cc1c(N2CCC(C(N)COC(F)(F)F)C2)c(F)cc2c(=O)[nH]c(=O)n(C3CC3)c12. The van der Waals surface area contributed by atoms with Crippen LogP contribution in [0.15, 0.2) is 15.7 Å². The zero-order chi connectivity index (χ0) is 21.8. The zero-order valence-electron chi connectivity index (χ0n) is 16.3. The van der Waals surface area contributed by atoms with Crippen LogP contribution in [0.3, 0.4) is 0 Å². The van der Waals surface area contributed by atoms with E-state index >= 15 is 4.39 Å². The Morgan fingerprint density at radius 2 is 2.00 bits per heavy atom. The van der Waals surface area contributed by atoms with Gasteiger partial charge in [0, 0.05) is 30.7 Å². The van der Waals surface area contributed by atoms with Gasteiger partial charge in [0.25, 0.3) is 5.56 Å². The van der Waals surface area contributed by atoms with Gasteiger partial charge in [0.05, 0.1) is 23.2 Å². The molecular formula is C19H22F4N4O3. The van der Waals surface area contributed by atoms with E-state index in [2.05, 4.69) is 9.72 Å². The number of aromatic nitrogens is 2. The summed E-state index contributed by atoms with van der Waals surface area (Å²) in [4.78, 5) is 28.6. The van der Waals surface area contributed by atoms with Gasteiger partial charge in [0.2, 0.25) is 0 Å². The van der Waals surface area contributed by atoms with Gasteiger partial charge in [0.1, 0.15) is 5.82 Å². The summed E-state index contributed by atoms with van der Waals surface area (Å²) in [6.45, 7) is 1.63. The summed E-state index contributed by atoms with van der Waals surface area (Å²) >= 11 is 0. The van der Waals surface area contributed by atoms with E-state index in [0.717, 1.165) is 18.9 Å². The van der Waals surface area contributed by atoms with Crippen LogP contribution in [0.25, 0.3) is 10.9 Å². The summed E-state index contributed by atoms with van der Waals surface area (Å²) < 4.78 is 57.2. The van der Waals surface area contributed by atoms with Crippen molar-refractivity contribution in [2.45, 2.75) is 44.6 Å². The Labute approximate surface area is 168 Å². The van der Waals surface area contributed by atoms with E-state index < -0.39 is 36.1 Å². The van der Waals surface area contributed by atoms with Crippen molar-refractivity contribution >= 4 is 16.6 Å². The third-order valence-corrected chi connectivity index (χ3v) is 5.89. The van der Waals surface area contributed by atoms with Crippen molar-refractivity contribution in [1.29, 1.82) is 0 Å². The number of H-pyrrole nitrogens is 1. The van der Waals surface area contributed by atoms with Gasteiger partial charge in [0.15, 0.2) is 0 Å². The van der Waals surface area contributed by atoms with Crippen LogP contribution in [0.1, 0.15) is 30.9 Å². The second-order valence-electron chi connectivity index (χ2n) is 8.00. The van der Waals surface area contributed by atoms with Gasteiger partial charge in [-0.2, -0.15) is 0 Å². The van der Waals surface area contributed by atoms with Crippen molar-refractivity contribution in [2.75, 3.05) is 24.6 Å². The maximum Gasteiger partial charge on any atom is 0.522 e. The summed E-state index contributed by atoms with van der Waals surface area (Å²) in [5.74, 6) is -0.932. The average molecular weight is 430 g/mol. The van der Waals surface area contributed by atoms with Crippen LogP contribution in [0.5, 0.6) is 0 Å². The standard InChI is InChI=1S/C19H22F4N4O3/c1-9-15-12(17(28)25-18(29)27(15)11-2-3-11)6-13(20)16(9)26-5-4-10(7-26)14(24)8-30-19(21,22)23/h6,10-11,14H,2-5,7-8,24H2,1H3,(H,25,28,29). The molecule has 2 atom stereocenters. The molecule has 1 aliphatic carbocycles. The number of aryl methyl sites for hydroxylation is 1. The van der Waals surface area contributed by atoms with Crippen molar-refractivity contribution in [3.8, 4) is 0 Å². The lowest BCUT2D eigenvalue weighted by atomic mass is 10.0. The van der Waals surface area contributed by atoms with E-state index in [1.54, 1.807) is 11.8 Å². The minimum atomic E-state index is -4.75. The van der Waals surface area contributed by atoms with Gasteiger partial charge in [-0.25, -0.2) is 9.18 Å². The van der Waals surface area contributed by atoms with E-state index in [1.165, 1.54) is 4.57 Å². The highest BCUT2D eigenvalue weighted by molar-refractivity contribution is 5.87. The van der Waals surface area contributed by atoms with Gasteiger partial charge in [-0.15, -0.1) is 13.2 Å². The number of aromatic amines is 1. The van der Waals surface area contributed by atoms with E-state index in [0.29, 0.717) is 24.0 Å². The molecule has 7 nitrogen and oxygen atoms in total. The molecule has 1 saturated heterocycles. The molecule has 4 rings (SSSR count). The van der Waals surface area contributed by atoms with E-state index in [-0.39, 0.29) is 29.6 Å². The second-order valence-corrected chi connectivity index (χ2v) is 8.00. The Morgan fingerprint density at radius 1 is 1.30 bits per heavy atom. The van der Waals surface area contributed by atoms with Crippen LogP contribution >= 0.6 is 0 Å². The first-order valence-corrected chi connectivity index (χ1v) is 9.75. The molecule has 0 bridgehead atoms. The number of rotatable bonds is 5. The number of nitrogens with one attached hydrogen (secondary N) is 1. The van der Waals surface area contributed by atoms with E-state index in [4.69, 9.17) is 5.73 Å². The van der Waals surface area contributed by atoms with Gasteiger partial charge in [-0.1, -0.05) is 0 Å².